The number of amides is 1. The fourth-order valence-electron chi connectivity index (χ4n) is 4.74. The topological polar surface area (TPSA) is 50.8 Å². The fraction of sp³-hybridized carbons (Fsp3) is 0.720. The molecule has 2 fully saturated rings. The van der Waals surface area contributed by atoms with E-state index in [-0.39, 0.29) is 5.91 Å². The summed E-state index contributed by atoms with van der Waals surface area (Å²) in [6.45, 7) is 9.25. The number of benzene rings is 1. The van der Waals surface area contributed by atoms with Crippen molar-refractivity contribution in [3.8, 4) is 5.75 Å². The van der Waals surface area contributed by atoms with Gasteiger partial charge in [-0.3, -0.25) is 4.79 Å². The van der Waals surface area contributed by atoms with Crippen LogP contribution < -0.4 is 10.1 Å². The lowest BCUT2D eigenvalue weighted by molar-refractivity contribution is -0.148. The number of rotatable bonds is 10. The molecule has 5 heteroatoms. The number of anilines is 1. The maximum Gasteiger partial charge on any atom is 0.256 e. The lowest BCUT2D eigenvalue weighted by Crippen LogP contribution is -2.48. The quantitative estimate of drug-likeness (QED) is 0.529. The summed E-state index contributed by atoms with van der Waals surface area (Å²) in [5.74, 6) is 1.37. The normalized spacial score (nSPS) is 25.1. The first-order valence-corrected chi connectivity index (χ1v) is 12.0. The van der Waals surface area contributed by atoms with Crippen LogP contribution in [0.15, 0.2) is 24.3 Å². The molecule has 168 valence electrons. The number of likely N-dealkylation sites (tertiary alicyclic amines) is 1. The van der Waals surface area contributed by atoms with Gasteiger partial charge in [0, 0.05) is 18.8 Å². The van der Waals surface area contributed by atoms with Gasteiger partial charge in [-0.05, 0) is 88.2 Å². The van der Waals surface area contributed by atoms with Gasteiger partial charge in [-0.2, -0.15) is 0 Å². The smallest absolute Gasteiger partial charge is 0.256 e. The van der Waals surface area contributed by atoms with E-state index in [4.69, 9.17) is 9.47 Å². The summed E-state index contributed by atoms with van der Waals surface area (Å²) in [7, 11) is 0. The number of nitrogens with one attached hydrogen (secondary N) is 1. The molecule has 0 bridgehead atoms. The highest BCUT2D eigenvalue weighted by molar-refractivity contribution is 5.97. The van der Waals surface area contributed by atoms with Crippen molar-refractivity contribution in [2.75, 3.05) is 38.2 Å². The van der Waals surface area contributed by atoms with E-state index in [2.05, 4.69) is 24.1 Å². The Morgan fingerprint density at radius 2 is 1.90 bits per heavy atom. The molecular weight excluding hydrogens is 376 g/mol. The molecule has 1 aromatic carbocycles. The molecule has 1 heterocycles. The molecule has 2 aliphatic rings. The van der Waals surface area contributed by atoms with Crippen molar-refractivity contribution in [1.82, 2.24) is 4.90 Å². The number of nitrogens with zero attached hydrogens (tertiary/aromatic N) is 1. The zero-order chi connectivity index (χ0) is 21.2. The predicted octanol–water partition coefficient (Wildman–Crippen LogP) is 5.26. The minimum atomic E-state index is -0.683. The van der Waals surface area contributed by atoms with E-state index in [1.807, 2.05) is 24.3 Å². The highest BCUT2D eigenvalue weighted by Crippen LogP contribution is 2.36. The van der Waals surface area contributed by atoms with Crippen molar-refractivity contribution in [3.63, 3.8) is 0 Å². The molecule has 30 heavy (non-hydrogen) atoms. The third-order valence-corrected chi connectivity index (χ3v) is 6.40. The van der Waals surface area contributed by atoms with Gasteiger partial charge in [0.1, 0.15) is 11.4 Å². The van der Waals surface area contributed by atoms with Gasteiger partial charge < -0.3 is 19.7 Å². The summed E-state index contributed by atoms with van der Waals surface area (Å²) in [5, 5.41) is 3.09. The van der Waals surface area contributed by atoms with Crippen LogP contribution in [-0.4, -0.2) is 49.3 Å². The second kappa shape index (κ2) is 11.7. The number of hydrogen-bond donors (Lipinski definition) is 1. The van der Waals surface area contributed by atoms with Crippen LogP contribution in [0, 0.1) is 5.92 Å². The number of piperidine rings is 1. The second-order valence-corrected chi connectivity index (χ2v) is 9.13. The molecule has 3 rings (SSSR count). The summed E-state index contributed by atoms with van der Waals surface area (Å²) in [6.07, 6.45) is 9.84. The molecular formula is C25H40N2O3. The van der Waals surface area contributed by atoms with Crippen LogP contribution in [0.4, 0.5) is 5.69 Å². The summed E-state index contributed by atoms with van der Waals surface area (Å²) in [5.41, 5.74) is 0.121. The largest absolute Gasteiger partial charge is 0.494 e. The number of hydrogen-bond acceptors (Lipinski definition) is 4. The molecule has 2 unspecified atom stereocenters. The van der Waals surface area contributed by atoms with Gasteiger partial charge in [0.25, 0.3) is 5.91 Å². The zero-order valence-corrected chi connectivity index (χ0v) is 19.0. The van der Waals surface area contributed by atoms with Crippen LogP contribution in [0.1, 0.15) is 71.6 Å². The van der Waals surface area contributed by atoms with Crippen LogP contribution in [0.2, 0.25) is 0 Å². The Balaban J connectivity index is 1.46. The molecule has 1 N–H and O–H groups in total. The van der Waals surface area contributed by atoms with Crippen LogP contribution in [0.25, 0.3) is 0 Å². The van der Waals surface area contributed by atoms with E-state index in [9.17, 15) is 4.79 Å². The van der Waals surface area contributed by atoms with Crippen LogP contribution in [0.3, 0.4) is 0 Å². The van der Waals surface area contributed by atoms with Gasteiger partial charge in [0.15, 0.2) is 0 Å². The van der Waals surface area contributed by atoms with E-state index in [0.29, 0.717) is 12.5 Å². The van der Waals surface area contributed by atoms with Gasteiger partial charge in [-0.15, -0.1) is 0 Å². The highest BCUT2D eigenvalue weighted by Gasteiger charge is 2.42. The summed E-state index contributed by atoms with van der Waals surface area (Å²) >= 11 is 0. The summed E-state index contributed by atoms with van der Waals surface area (Å²) in [6, 6.07) is 7.74. The van der Waals surface area contributed by atoms with Crippen molar-refractivity contribution >= 4 is 11.6 Å². The van der Waals surface area contributed by atoms with E-state index in [1.54, 1.807) is 0 Å². The van der Waals surface area contributed by atoms with Crippen molar-refractivity contribution in [2.45, 2.75) is 77.2 Å². The average molecular weight is 417 g/mol. The molecule has 2 atom stereocenters. The summed E-state index contributed by atoms with van der Waals surface area (Å²) < 4.78 is 12.0. The lowest BCUT2D eigenvalue weighted by atomic mass is 9.78. The zero-order valence-electron chi connectivity index (χ0n) is 19.0. The molecule has 0 radical (unpaired) electrons. The maximum atomic E-state index is 13.1. The second-order valence-electron chi connectivity index (χ2n) is 9.13. The minimum absolute atomic E-state index is 0.00213. The van der Waals surface area contributed by atoms with Gasteiger partial charge in [-0.1, -0.05) is 26.7 Å². The van der Waals surface area contributed by atoms with Crippen molar-refractivity contribution in [2.24, 2.45) is 5.92 Å². The minimum Gasteiger partial charge on any atom is -0.494 e. The van der Waals surface area contributed by atoms with Gasteiger partial charge >= 0.3 is 0 Å². The number of ether oxygens (including phenoxy) is 2. The lowest BCUT2D eigenvalue weighted by Gasteiger charge is -2.38. The first kappa shape index (κ1) is 23.1. The SMILES string of the molecule is CCCOC1(C(=O)Nc2ccc(OCCCN3CCCCC3)cc2)CCCC(C)C1. The maximum absolute atomic E-state index is 13.1. The molecule has 0 aromatic heterocycles. The highest BCUT2D eigenvalue weighted by atomic mass is 16.5. The average Bonchev–Trinajstić information content (AvgIpc) is 2.77. The Kier molecular flexibility index (Phi) is 9.01. The molecule has 1 saturated heterocycles. The van der Waals surface area contributed by atoms with Crippen LogP contribution in [-0.2, 0) is 9.53 Å². The third-order valence-electron chi connectivity index (χ3n) is 6.40. The first-order chi connectivity index (χ1) is 14.6. The van der Waals surface area contributed by atoms with Gasteiger partial charge in [0.05, 0.1) is 6.61 Å². The third kappa shape index (κ3) is 6.71. The van der Waals surface area contributed by atoms with E-state index >= 15 is 0 Å². The standard InChI is InChI=1S/C25H40N2O3/c1-3-18-30-25(14-7-9-21(2)20-25)24(28)26-22-10-12-23(13-11-22)29-19-8-17-27-15-5-4-6-16-27/h10-13,21H,3-9,14-20H2,1-2H3,(H,26,28). The van der Waals surface area contributed by atoms with Crippen molar-refractivity contribution in [1.29, 1.82) is 0 Å². The first-order valence-electron chi connectivity index (χ1n) is 12.0. The fourth-order valence-corrected chi connectivity index (χ4v) is 4.74. The molecule has 5 nitrogen and oxygen atoms in total. The summed E-state index contributed by atoms with van der Waals surface area (Å²) in [4.78, 5) is 15.7. The Labute approximate surface area is 182 Å². The van der Waals surface area contributed by atoms with E-state index in [0.717, 1.165) is 56.7 Å². The Morgan fingerprint density at radius 1 is 1.13 bits per heavy atom. The molecule has 1 aliphatic carbocycles. The predicted molar refractivity (Wildman–Crippen MR) is 122 cm³/mol. The van der Waals surface area contributed by atoms with Gasteiger partial charge in [-0.25, -0.2) is 0 Å². The molecule has 1 aliphatic heterocycles. The molecule has 1 saturated carbocycles. The van der Waals surface area contributed by atoms with Crippen LogP contribution >= 0.6 is 0 Å². The molecule has 1 aromatic rings. The van der Waals surface area contributed by atoms with Crippen molar-refractivity contribution in [3.05, 3.63) is 24.3 Å². The van der Waals surface area contributed by atoms with Gasteiger partial charge in [0.2, 0.25) is 0 Å². The van der Waals surface area contributed by atoms with Crippen molar-refractivity contribution < 1.29 is 14.3 Å². The van der Waals surface area contributed by atoms with E-state index < -0.39 is 5.60 Å². The molecule has 0 spiro atoms. The molecule has 1 amide bonds. The Morgan fingerprint density at radius 3 is 2.60 bits per heavy atom. The van der Waals surface area contributed by atoms with Crippen LogP contribution in [0.5, 0.6) is 5.75 Å². The van der Waals surface area contributed by atoms with E-state index in [1.165, 1.54) is 38.8 Å². The number of carbonyl (C=O) groups is 1. The Hall–Kier alpha value is -1.59. The monoisotopic (exact) mass is 416 g/mol. The number of carbonyl (C=O) groups excluding carboxylic acids is 1. The Bertz CT molecular complexity index is 642.